The molecule has 8 heteroatoms. The molecule has 4 heterocycles. The van der Waals surface area contributed by atoms with Crippen LogP contribution in [0.3, 0.4) is 0 Å². The minimum atomic E-state index is -0.0199. The number of aryl methyl sites for hydroxylation is 2. The van der Waals surface area contributed by atoms with Crippen LogP contribution < -0.4 is 24.2 Å². The first-order chi connectivity index (χ1) is 24.8. The average molecular weight is 719 g/mol. The molecule has 0 aliphatic carbocycles. The van der Waals surface area contributed by atoms with E-state index < -0.39 is 0 Å². The number of methoxy groups -OCH3 is 1. The SMILES string of the molecule is COc1cc(Cl)[n+]2c(c1C)-c1ccc(OCc3ccccc3)cc1CC2.Cc1c2n(c(Cl)cc1=O)CCc1cc(OCc3ccccc3)ccc1-2. The summed E-state index contributed by atoms with van der Waals surface area (Å²) < 4.78 is 21.6. The van der Waals surface area contributed by atoms with Crippen molar-refractivity contribution in [3.05, 3.63) is 163 Å². The number of fused-ring (bicyclic) bond motifs is 6. The van der Waals surface area contributed by atoms with Gasteiger partial charge in [0.05, 0.1) is 30.0 Å². The van der Waals surface area contributed by atoms with Gasteiger partial charge in [0.15, 0.2) is 12.0 Å². The normalized spacial score (nSPS) is 12.3. The first-order valence-corrected chi connectivity index (χ1v) is 17.8. The van der Waals surface area contributed by atoms with Crippen LogP contribution in [-0.2, 0) is 39.1 Å². The number of benzene rings is 4. The maximum Gasteiger partial charge on any atom is 0.279 e. The summed E-state index contributed by atoms with van der Waals surface area (Å²) in [5.74, 6) is 2.56. The van der Waals surface area contributed by atoms with Gasteiger partial charge in [-0.1, -0.05) is 72.3 Å². The van der Waals surface area contributed by atoms with E-state index in [1.165, 1.54) is 28.3 Å². The fourth-order valence-corrected chi connectivity index (χ4v) is 7.46. The molecule has 8 rings (SSSR count). The molecule has 0 saturated heterocycles. The highest BCUT2D eigenvalue weighted by Gasteiger charge is 2.30. The Morgan fingerprint density at radius 3 is 1.90 bits per heavy atom. The maximum absolute atomic E-state index is 12.1. The van der Waals surface area contributed by atoms with Gasteiger partial charge in [-0.3, -0.25) is 4.79 Å². The third-order valence-electron chi connectivity index (χ3n) is 9.60. The van der Waals surface area contributed by atoms with Crippen molar-refractivity contribution < 1.29 is 18.8 Å². The second kappa shape index (κ2) is 15.1. The first kappa shape index (κ1) is 34.4. The minimum absolute atomic E-state index is 0.0199. The van der Waals surface area contributed by atoms with Gasteiger partial charge in [-0.2, -0.15) is 4.57 Å². The Hall–Kier alpha value is -5.04. The van der Waals surface area contributed by atoms with E-state index in [0.29, 0.717) is 23.5 Å². The first-order valence-electron chi connectivity index (χ1n) is 17.1. The van der Waals surface area contributed by atoms with Crippen LogP contribution in [-0.4, -0.2) is 11.7 Å². The zero-order chi connectivity index (χ0) is 35.5. The molecule has 258 valence electrons. The molecule has 51 heavy (non-hydrogen) atoms. The molecule has 0 spiro atoms. The molecule has 0 bridgehead atoms. The summed E-state index contributed by atoms with van der Waals surface area (Å²) in [5, 5.41) is 1.21. The fraction of sp³-hybridized carbons (Fsp3) is 0.209. The molecule has 0 saturated carbocycles. The molecule has 0 unspecified atom stereocenters. The van der Waals surface area contributed by atoms with E-state index in [1.54, 1.807) is 7.11 Å². The molecule has 0 fully saturated rings. The van der Waals surface area contributed by atoms with E-state index in [9.17, 15) is 4.79 Å². The number of ether oxygens (including phenoxy) is 3. The second-order valence-corrected chi connectivity index (χ2v) is 13.6. The molecule has 2 aromatic heterocycles. The van der Waals surface area contributed by atoms with E-state index >= 15 is 0 Å². The molecule has 0 amide bonds. The summed E-state index contributed by atoms with van der Waals surface area (Å²) in [5.41, 5.74) is 10.9. The third-order valence-corrected chi connectivity index (χ3v) is 10.2. The number of halogens is 2. The number of nitrogens with zero attached hydrogens (tertiary/aromatic N) is 2. The molecule has 2 aliphatic heterocycles. The van der Waals surface area contributed by atoms with Gasteiger partial charge in [0.25, 0.3) is 5.15 Å². The molecule has 4 aromatic carbocycles. The summed E-state index contributed by atoms with van der Waals surface area (Å²) in [6.07, 6.45) is 1.80. The van der Waals surface area contributed by atoms with Crippen LogP contribution in [0.1, 0.15) is 33.4 Å². The van der Waals surface area contributed by atoms with Gasteiger partial charge in [0, 0.05) is 30.2 Å². The van der Waals surface area contributed by atoms with Crippen LogP contribution in [0.2, 0.25) is 10.3 Å². The lowest BCUT2D eigenvalue weighted by molar-refractivity contribution is -0.685. The monoisotopic (exact) mass is 717 g/mol. The van der Waals surface area contributed by atoms with Gasteiger partial charge in [-0.05, 0) is 90.5 Å². The smallest absolute Gasteiger partial charge is 0.279 e. The minimum Gasteiger partial charge on any atom is -0.496 e. The van der Waals surface area contributed by atoms with Gasteiger partial charge in [-0.15, -0.1) is 0 Å². The standard InChI is InChI=1S/C22H21ClNO2.C21H18ClNO2/c1-15-20(25-2)13-21(23)24-11-10-17-12-18(8-9-19(17)22(15)24)26-14-16-6-4-3-5-7-16;1-14-19(24)12-20(22)23-10-9-16-11-17(7-8-18(16)21(14)23)25-13-15-5-3-2-4-6-15/h3-9,12-13H,10-11,14H2,1-2H3;2-8,11-12H,9-10,13H2,1H3/q+1;. The van der Waals surface area contributed by atoms with Crippen molar-refractivity contribution in [2.75, 3.05) is 7.11 Å². The van der Waals surface area contributed by atoms with Crippen molar-refractivity contribution in [3.8, 4) is 39.8 Å². The van der Waals surface area contributed by atoms with Crippen LogP contribution in [0, 0.1) is 13.8 Å². The summed E-state index contributed by atoms with van der Waals surface area (Å²) >= 11 is 12.7. The van der Waals surface area contributed by atoms with Crippen LogP contribution in [0.15, 0.2) is 114 Å². The van der Waals surface area contributed by atoms with E-state index in [4.69, 9.17) is 37.4 Å². The van der Waals surface area contributed by atoms with Gasteiger partial charge in [-0.25, -0.2) is 0 Å². The largest absolute Gasteiger partial charge is 0.496 e. The number of pyridine rings is 2. The molecular formula is C43H39Cl2N2O4+. The molecule has 0 atom stereocenters. The summed E-state index contributed by atoms with van der Waals surface area (Å²) in [7, 11) is 1.68. The van der Waals surface area contributed by atoms with Crippen LogP contribution in [0.25, 0.3) is 22.5 Å². The van der Waals surface area contributed by atoms with Crippen LogP contribution in [0.4, 0.5) is 0 Å². The Balaban J connectivity index is 0.000000159. The number of rotatable bonds is 7. The van der Waals surface area contributed by atoms with E-state index in [0.717, 1.165) is 76.8 Å². The Morgan fingerprint density at radius 2 is 1.29 bits per heavy atom. The van der Waals surface area contributed by atoms with Crippen LogP contribution in [0.5, 0.6) is 17.2 Å². The van der Waals surface area contributed by atoms with Gasteiger partial charge < -0.3 is 18.8 Å². The number of aromatic nitrogens is 2. The lowest BCUT2D eigenvalue weighted by atomic mass is 9.94. The molecule has 0 N–H and O–H groups in total. The average Bonchev–Trinajstić information content (AvgIpc) is 3.16. The van der Waals surface area contributed by atoms with Crippen molar-refractivity contribution in [2.45, 2.75) is 53.0 Å². The quantitative estimate of drug-likeness (QED) is 0.122. The predicted molar refractivity (Wildman–Crippen MR) is 203 cm³/mol. The summed E-state index contributed by atoms with van der Waals surface area (Å²) in [6, 6.07) is 36.1. The predicted octanol–water partition coefficient (Wildman–Crippen LogP) is 9.36. The molecular weight excluding hydrogens is 679 g/mol. The van der Waals surface area contributed by atoms with Gasteiger partial charge in [0.1, 0.15) is 35.6 Å². The van der Waals surface area contributed by atoms with E-state index in [-0.39, 0.29) is 5.43 Å². The Bertz CT molecular complexity index is 2270. The van der Waals surface area contributed by atoms with Crippen molar-refractivity contribution in [2.24, 2.45) is 0 Å². The highest BCUT2D eigenvalue weighted by Crippen LogP contribution is 2.37. The Kier molecular flexibility index (Phi) is 10.2. The van der Waals surface area contributed by atoms with Crippen molar-refractivity contribution in [3.63, 3.8) is 0 Å². The number of hydrogen-bond acceptors (Lipinski definition) is 4. The molecule has 6 nitrogen and oxygen atoms in total. The Labute approximate surface area is 308 Å². The van der Waals surface area contributed by atoms with Crippen molar-refractivity contribution >= 4 is 23.2 Å². The number of hydrogen-bond donors (Lipinski definition) is 0. The molecule has 2 aliphatic rings. The fourth-order valence-electron chi connectivity index (χ4n) is 6.93. The molecule has 0 radical (unpaired) electrons. The van der Waals surface area contributed by atoms with Crippen LogP contribution >= 0.6 is 23.2 Å². The molecule has 6 aromatic rings. The third kappa shape index (κ3) is 7.25. The Morgan fingerprint density at radius 1 is 0.706 bits per heavy atom. The zero-order valence-electron chi connectivity index (χ0n) is 28.9. The summed E-state index contributed by atoms with van der Waals surface area (Å²) in [4.78, 5) is 12.1. The van der Waals surface area contributed by atoms with E-state index in [2.05, 4.69) is 41.8 Å². The van der Waals surface area contributed by atoms with Crippen molar-refractivity contribution in [1.82, 2.24) is 4.57 Å². The highest BCUT2D eigenvalue weighted by atomic mass is 35.5. The summed E-state index contributed by atoms with van der Waals surface area (Å²) in [6.45, 7) is 6.68. The lowest BCUT2D eigenvalue weighted by Gasteiger charge is -2.25. The highest BCUT2D eigenvalue weighted by molar-refractivity contribution is 6.29. The van der Waals surface area contributed by atoms with Gasteiger partial charge >= 0.3 is 0 Å². The van der Waals surface area contributed by atoms with E-state index in [1.807, 2.05) is 84.3 Å². The maximum atomic E-state index is 12.1. The van der Waals surface area contributed by atoms with Gasteiger partial charge in [0.2, 0.25) is 5.69 Å². The zero-order valence-corrected chi connectivity index (χ0v) is 30.4. The topological polar surface area (TPSA) is 53.6 Å². The lowest BCUT2D eigenvalue weighted by Crippen LogP contribution is -2.42. The second-order valence-electron chi connectivity index (χ2n) is 12.8. The van der Waals surface area contributed by atoms with Crippen molar-refractivity contribution in [1.29, 1.82) is 0 Å².